The molecule has 0 radical (unpaired) electrons. The van der Waals surface area contributed by atoms with Gasteiger partial charge in [0, 0.05) is 38.7 Å². The molecule has 4 heteroatoms. The average Bonchev–Trinajstić information content (AvgIpc) is 3.97. The molecule has 0 aliphatic rings. The van der Waals surface area contributed by atoms with Gasteiger partial charge in [0.1, 0.15) is 17.0 Å². The molecule has 0 aliphatic heterocycles. The maximum Gasteiger partial charge on any atom is 0.162 e. The molecule has 15 aromatic rings. The summed E-state index contributed by atoms with van der Waals surface area (Å²) in [6.07, 6.45) is 0. The van der Waals surface area contributed by atoms with Crippen LogP contribution < -0.4 is 0 Å². The molecular weight excluding hydrogens is 827 g/mol. The lowest BCUT2D eigenvalue weighted by molar-refractivity contribution is 0.669. The van der Waals surface area contributed by atoms with Crippen LogP contribution in [0.15, 0.2) is 229 Å². The number of para-hydroxylation sites is 2. The first-order valence-corrected chi connectivity index (χ1v) is 23.2. The van der Waals surface area contributed by atoms with Crippen LogP contribution in [0.4, 0.5) is 0 Å². The highest BCUT2D eigenvalue weighted by molar-refractivity contribution is 6.33. The Labute approximate surface area is 389 Å². The van der Waals surface area contributed by atoms with Gasteiger partial charge in [-0.2, -0.15) is 0 Å². The fourth-order valence-corrected chi connectivity index (χ4v) is 11.3. The summed E-state index contributed by atoms with van der Waals surface area (Å²) < 4.78 is 8.63. The molecule has 0 saturated heterocycles. The van der Waals surface area contributed by atoms with Crippen molar-refractivity contribution in [2.75, 3.05) is 0 Å². The zero-order valence-electron chi connectivity index (χ0n) is 36.6. The number of hydrogen-bond donors (Lipinski definition) is 0. The summed E-state index contributed by atoms with van der Waals surface area (Å²) in [7, 11) is 0. The third kappa shape index (κ3) is 5.43. The maximum absolute atomic E-state index is 6.35. The summed E-state index contributed by atoms with van der Waals surface area (Å²) in [5.74, 6) is 1.51. The van der Waals surface area contributed by atoms with Crippen LogP contribution in [0.5, 0.6) is 0 Å². The van der Waals surface area contributed by atoms with Crippen molar-refractivity contribution in [2.24, 2.45) is 0 Å². The average molecular weight is 864 g/mol. The van der Waals surface area contributed by atoms with Crippen LogP contribution >= 0.6 is 0 Å². The number of aromatic nitrogens is 3. The Bertz CT molecular complexity index is 4510. The minimum Gasteiger partial charge on any atom is -0.456 e. The lowest BCUT2D eigenvalue weighted by atomic mass is 9.89. The first-order chi connectivity index (χ1) is 33.7. The standard InChI is InChI=1S/C64H37N3O/c1-2-13-38(14-3-1)64-65-56(37-61(66-64)67-57-23-8-6-19-49(57)50-20-7-9-24-58(50)67)43-16-10-15-39(33-43)40-27-30-46-44-17-4-5-18-45(44)47-31-28-42(36-55(47)54(46)35-40)41-29-32-48-51-21-11-25-59-62(51)63-52(53(48)34-41)22-12-26-60(63)68-59/h1-37H. The van der Waals surface area contributed by atoms with Gasteiger partial charge in [-0.15, -0.1) is 0 Å². The Hall–Kier alpha value is -9.12. The van der Waals surface area contributed by atoms with Gasteiger partial charge in [-0.25, -0.2) is 9.97 Å². The van der Waals surface area contributed by atoms with E-state index in [0.717, 1.165) is 56.0 Å². The molecule has 0 spiro atoms. The van der Waals surface area contributed by atoms with Gasteiger partial charge in [0.15, 0.2) is 5.82 Å². The van der Waals surface area contributed by atoms with Crippen molar-refractivity contribution in [1.29, 1.82) is 0 Å². The van der Waals surface area contributed by atoms with Crippen molar-refractivity contribution in [3.8, 4) is 50.7 Å². The molecule has 0 N–H and O–H groups in total. The normalized spacial score (nSPS) is 12.1. The molecule has 0 bridgehead atoms. The predicted octanol–water partition coefficient (Wildman–Crippen LogP) is 17.3. The Morgan fingerprint density at radius 2 is 0.706 bits per heavy atom. The van der Waals surface area contributed by atoms with Crippen molar-refractivity contribution >= 4 is 97.6 Å². The van der Waals surface area contributed by atoms with E-state index < -0.39 is 0 Å². The summed E-state index contributed by atoms with van der Waals surface area (Å²) in [5, 5.41) is 17.2. The summed E-state index contributed by atoms with van der Waals surface area (Å²) >= 11 is 0. The van der Waals surface area contributed by atoms with E-state index in [-0.39, 0.29) is 0 Å². The molecule has 0 unspecified atom stereocenters. The smallest absolute Gasteiger partial charge is 0.162 e. The molecule has 68 heavy (non-hydrogen) atoms. The Balaban J connectivity index is 0.902. The zero-order valence-corrected chi connectivity index (χ0v) is 36.6. The Kier molecular flexibility index (Phi) is 7.75. The van der Waals surface area contributed by atoms with E-state index in [1.807, 2.05) is 18.2 Å². The summed E-state index contributed by atoms with van der Waals surface area (Å²) in [6, 6.07) is 81.0. The largest absolute Gasteiger partial charge is 0.456 e. The minimum absolute atomic E-state index is 0.685. The van der Waals surface area contributed by atoms with E-state index >= 15 is 0 Å². The fraction of sp³-hybridized carbons (Fsp3) is 0. The molecule has 3 aromatic heterocycles. The van der Waals surface area contributed by atoms with Crippen LogP contribution in [0.2, 0.25) is 0 Å². The molecule has 15 rings (SSSR count). The number of nitrogens with zero attached hydrogens (tertiary/aromatic N) is 3. The van der Waals surface area contributed by atoms with Crippen molar-refractivity contribution in [2.45, 2.75) is 0 Å². The van der Waals surface area contributed by atoms with Gasteiger partial charge in [-0.3, -0.25) is 4.57 Å². The highest BCUT2D eigenvalue weighted by Gasteiger charge is 2.20. The molecular formula is C64H37N3O. The SMILES string of the molecule is c1ccc(-c2nc(-c3cccc(-c4ccc5c6ccccc6c6ccc(-c7ccc8c(c7)c7cccc9oc%10cccc8c%10c97)cc6c5c4)c3)cc(-n3c4ccccc4c4ccccc43)n2)cc1. The number of fused-ring (bicyclic) bond motifs is 12. The van der Waals surface area contributed by atoms with E-state index in [9.17, 15) is 0 Å². The van der Waals surface area contributed by atoms with Crippen molar-refractivity contribution in [3.05, 3.63) is 224 Å². The van der Waals surface area contributed by atoms with Crippen LogP contribution in [0.25, 0.3) is 148 Å². The fourth-order valence-electron chi connectivity index (χ4n) is 11.3. The molecule has 0 atom stereocenters. The van der Waals surface area contributed by atoms with Gasteiger partial charge in [0.05, 0.1) is 16.7 Å². The zero-order chi connectivity index (χ0) is 44.5. The first-order valence-electron chi connectivity index (χ1n) is 23.2. The molecule has 0 saturated carbocycles. The predicted molar refractivity (Wildman–Crippen MR) is 284 cm³/mol. The van der Waals surface area contributed by atoms with E-state index in [0.29, 0.717) is 5.82 Å². The lowest BCUT2D eigenvalue weighted by Gasteiger charge is -2.15. The minimum atomic E-state index is 0.685. The van der Waals surface area contributed by atoms with Crippen molar-refractivity contribution in [1.82, 2.24) is 14.5 Å². The Morgan fingerprint density at radius 1 is 0.279 bits per heavy atom. The topological polar surface area (TPSA) is 43.9 Å². The second-order valence-electron chi connectivity index (χ2n) is 18.0. The van der Waals surface area contributed by atoms with Gasteiger partial charge in [0.2, 0.25) is 0 Å². The first kappa shape index (κ1) is 37.1. The lowest BCUT2D eigenvalue weighted by Crippen LogP contribution is -2.02. The molecule has 3 heterocycles. The van der Waals surface area contributed by atoms with Crippen molar-refractivity contribution < 1.29 is 4.42 Å². The van der Waals surface area contributed by atoms with Crippen LogP contribution in [0.1, 0.15) is 0 Å². The number of benzene rings is 12. The van der Waals surface area contributed by atoms with E-state index in [1.165, 1.54) is 86.5 Å². The highest BCUT2D eigenvalue weighted by Crippen LogP contribution is 2.45. The van der Waals surface area contributed by atoms with Gasteiger partial charge < -0.3 is 4.42 Å². The molecule has 0 amide bonds. The van der Waals surface area contributed by atoms with Gasteiger partial charge in [-0.1, -0.05) is 170 Å². The second kappa shape index (κ2) is 14.2. The summed E-state index contributed by atoms with van der Waals surface area (Å²) in [5.41, 5.74) is 11.6. The summed E-state index contributed by atoms with van der Waals surface area (Å²) in [6.45, 7) is 0. The second-order valence-corrected chi connectivity index (χ2v) is 18.0. The quantitative estimate of drug-likeness (QED) is 0.162. The summed E-state index contributed by atoms with van der Waals surface area (Å²) in [4.78, 5) is 10.5. The van der Waals surface area contributed by atoms with Crippen LogP contribution in [-0.4, -0.2) is 14.5 Å². The van der Waals surface area contributed by atoms with E-state index in [1.54, 1.807) is 0 Å². The number of hydrogen-bond acceptors (Lipinski definition) is 3. The van der Waals surface area contributed by atoms with Crippen molar-refractivity contribution in [3.63, 3.8) is 0 Å². The molecule has 4 nitrogen and oxygen atoms in total. The highest BCUT2D eigenvalue weighted by atomic mass is 16.3. The van der Waals surface area contributed by atoms with Crippen LogP contribution in [-0.2, 0) is 0 Å². The Morgan fingerprint density at radius 3 is 1.31 bits per heavy atom. The molecule has 0 aliphatic carbocycles. The maximum atomic E-state index is 6.35. The molecule has 12 aromatic carbocycles. The number of furan rings is 1. The van der Waals surface area contributed by atoms with Crippen LogP contribution in [0.3, 0.4) is 0 Å². The number of rotatable bonds is 5. The monoisotopic (exact) mass is 863 g/mol. The third-order valence-corrected chi connectivity index (χ3v) is 14.3. The third-order valence-electron chi connectivity index (χ3n) is 14.3. The molecule has 0 fully saturated rings. The van der Waals surface area contributed by atoms with E-state index in [2.05, 4.69) is 211 Å². The molecule has 314 valence electrons. The van der Waals surface area contributed by atoms with Gasteiger partial charge >= 0.3 is 0 Å². The van der Waals surface area contributed by atoms with E-state index in [4.69, 9.17) is 14.4 Å². The van der Waals surface area contributed by atoms with Gasteiger partial charge in [-0.05, 0) is 125 Å². The van der Waals surface area contributed by atoms with Gasteiger partial charge in [0.25, 0.3) is 0 Å². The van der Waals surface area contributed by atoms with Crippen LogP contribution in [0, 0.1) is 0 Å².